The third-order valence-electron chi connectivity index (χ3n) is 9.64. The fraction of sp³-hybridized carbons (Fsp3) is 0.780. The highest BCUT2D eigenvalue weighted by molar-refractivity contribution is 5.75. The van der Waals surface area contributed by atoms with Crippen molar-refractivity contribution in [3.8, 4) is 0 Å². The van der Waals surface area contributed by atoms with Gasteiger partial charge in [0, 0.05) is 46.4 Å². The largest absolute Gasteiger partial charge is 0.394 e. The molecule has 0 aromatic rings. The molecule has 3 aliphatic rings. The zero-order chi connectivity index (χ0) is 38.1. The second-order valence-electron chi connectivity index (χ2n) is 14.0. The van der Waals surface area contributed by atoms with Gasteiger partial charge < -0.3 is 53.4 Å². The topological polar surface area (TPSA) is 143 Å². The highest BCUT2D eigenvalue weighted by Gasteiger charge is 2.45. The SMILES string of the molecule is CCCC/C=C\C/C=C\C/C=C\C/C=C\CCCC(=O)NCCO[C@H]1C[C@@H](O[C@@H]2O[C@H](CO)C[C@H](O[C@@H]3O[C@H](C)CC[C@H]3OC)[C@H]2OC)C[C@@H](CO)O1. The summed E-state index contributed by atoms with van der Waals surface area (Å²) < 4.78 is 48.4. The highest BCUT2D eigenvalue weighted by Crippen LogP contribution is 2.33. The maximum atomic E-state index is 12.4. The number of nitrogens with one attached hydrogen (secondary N) is 1. The molecule has 53 heavy (non-hydrogen) atoms. The summed E-state index contributed by atoms with van der Waals surface area (Å²) in [6, 6.07) is 0. The predicted octanol–water partition coefficient (Wildman–Crippen LogP) is 5.80. The molecule has 3 aliphatic heterocycles. The molecule has 3 fully saturated rings. The maximum absolute atomic E-state index is 12.4. The van der Waals surface area contributed by atoms with Gasteiger partial charge in [0.15, 0.2) is 18.9 Å². The molecule has 3 N–H and O–H groups in total. The lowest BCUT2D eigenvalue weighted by Crippen LogP contribution is -2.56. The van der Waals surface area contributed by atoms with Gasteiger partial charge in [-0.25, -0.2) is 0 Å². The van der Waals surface area contributed by atoms with Gasteiger partial charge in [-0.05, 0) is 58.3 Å². The summed E-state index contributed by atoms with van der Waals surface area (Å²) in [7, 11) is 3.22. The van der Waals surface area contributed by atoms with Crippen LogP contribution in [0.1, 0.15) is 104 Å². The minimum Gasteiger partial charge on any atom is -0.394 e. The summed E-state index contributed by atoms with van der Waals surface area (Å²) >= 11 is 0. The number of methoxy groups -OCH3 is 2. The molecule has 0 aromatic carbocycles. The van der Waals surface area contributed by atoms with E-state index in [1.807, 2.05) is 6.92 Å². The number of carbonyl (C=O) groups excluding carboxylic acids is 1. The first-order valence-corrected chi connectivity index (χ1v) is 19.9. The summed E-state index contributed by atoms with van der Waals surface area (Å²) in [5, 5.41) is 22.9. The third kappa shape index (κ3) is 18.0. The molecule has 0 radical (unpaired) electrons. The Bertz CT molecular complexity index is 1080. The summed E-state index contributed by atoms with van der Waals surface area (Å²) in [6.07, 6.45) is 24.3. The van der Waals surface area contributed by atoms with Crippen LogP contribution >= 0.6 is 0 Å². The minimum absolute atomic E-state index is 0.0203. The molecule has 10 atom stereocenters. The van der Waals surface area contributed by atoms with Crippen molar-refractivity contribution in [2.75, 3.05) is 40.6 Å². The summed E-state index contributed by atoms with van der Waals surface area (Å²) in [6.45, 7) is 4.41. The predicted molar refractivity (Wildman–Crippen MR) is 203 cm³/mol. The smallest absolute Gasteiger partial charge is 0.220 e. The summed E-state index contributed by atoms with van der Waals surface area (Å²) in [5.41, 5.74) is 0. The molecular formula is C41H69NO11. The lowest BCUT2D eigenvalue weighted by Gasteiger charge is -2.45. The molecule has 3 heterocycles. The normalized spacial score (nSPS) is 31.4. The van der Waals surface area contributed by atoms with Crippen LogP contribution in [0.5, 0.6) is 0 Å². The molecule has 304 valence electrons. The van der Waals surface area contributed by atoms with Gasteiger partial charge in [-0.15, -0.1) is 0 Å². The number of aliphatic hydroxyl groups is 2. The van der Waals surface area contributed by atoms with Crippen molar-refractivity contribution in [1.82, 2.24) is 5.32 Å². The van der Waals surface area contributed by atoms with E-state index in [1.165, 1.54) is 19.3 Å². The summed E-state index contributed by atoms with van der Waals surface area (Å²) in [4.78, 5) is 12.4. The monoisotopic (exact) mass is 751 g/mol. The molecule has 1 amide bonds. The molecule has 3 rings (SSSR count). The zero-order valence-electron chi connectivity index (χ0n) is 32.7. The average molecular weight is 752 g/mol. The van der Waals surface area contributed by atoms with Gasteiger partial charge in [0.25, 0.3) is 0 Å². The van der Waals surface area contributed by atoms with E-state index in [1.54, 1.807) is 14.2 Å². The number of unbranched alkanes of at least 4 members (excludes halogenated alkanes) is 3. The van der Waals surface area contributed by atoms with Crippen LogP contribution in [0, 0.1) is 0 Å². The first kappa shape index (κ1) is 45.4. The second kappa shape index (κ2) is 27.6. The number of rotatable bonds is 25. The standard InChI is InChI=1S/C41H69NO11/c1-5-6-7-8-9-10-11-12-13-14-15-16-17-18-19-20-21-37(45)42-24-25-48-38-28-32(26-33(29-43)50-38)51-41-39(47-4)36(27-34(30-44)52-41)53-40-35(46-3)23-22-31(2)49-40/h8-9,11-12,14-15,17-18,31-36,38-41,43-44H,5-7,10,13,16,19-30H2,1-4H3,(H,42,45)/b9-8-,12-11-,15-14-,18-17-/t31-,32+,33+,34+,35-,36+,38-,39-,40+,41-/m1/s1. The lowest BCUT2D eigenvalue weighted by atomic mass is 10.0. The summed E-state index contributed by atoms with van der Waals surface area (Å²) in [5.74, 6) is -0.0203. The molecule has 0 bridgehead atoms. The van der Waals surface area contributed by atoms with Crippen molar-refractivity contribution in [1.29, 1.82) is 0 Å². The van der Waals surface area contributed by atoms with Gasteiger partial charge in [0.05, 0.1) is 50.3 Å². The van der Waals surface area contributed by atoms with E-state index in [2.05, 4.69) is 60.8 Å². The van der Waals surface area contributed by atoms with E-state index < -0.39 is 43.3 Å². The van der Waals surface area contributed by atoms with Crippen molar-refractivity contribution < 1.29 is 52.9 Å². The average Bonchev–Trinajstić information content (AvgIpc) is 3.16. The van der Waals surface area contributed by atoms with Crippen LogP contribution < -0.4 is 5.32 Å². The van der Waals surface area contributed by atoms with Gasteiger partial charge in [0.1, 0.15) is 12.2 Å². The second-order valence-corrected chi connectivity index (χ2v) is 14.0. The Kier molecular flexibility index (Phi) is 23.6. The molecule has 12 nitrogen and oxygen atoms in total. The van der Waals surface area contributed by atoms with Crippen LogP contribution in [-0.4, -0.2) is 118 Å². The van der Waals surface area contributed by atoms with Gasteiger partial charge in [0.2, 0.25) is 5.91 Å². The highest BCUT2D eigenvalue weighted by atomic mass is 16.7. The first-order chi connectivity index (χ1) is 25.9. The quantitative estimate of drug-likeness (QED) is 0.0769. The van der Waals surface area contributed by atoms with Crippen molar-refractivity contribution in [2.24, 2.45) is 0 Å². The molecular weight excluding hydrogens is 682 g/mol. The Balaban J connectivity index is 1.33. The molecule has 0 aromatic heterocycles. The van der Waals surface area contributed by atoms with Crippen molar-refractivity contribution >= 4 is 5.91 Å². The van der Waals surface area contributed by atoms with Crippen LogP contribution in [0.4, 0.5) is 0 Å². The Morgan fingerprint density at radius 1 is 0.755 bits per heavy atom. The molecule has 0 aliphatic carbocycles. The number of aliphatic hydroxyl groups excluding tert-OH is 2. The van der Waals surface area contributed by atoms with E-state index in [0.717, 1.165) is 44.9 Å². The number of allylic oxidation sites excluding steroid dienone is 8. The third-order valence-corrected chi connectivity index (χ3v) is 9.64. The Hall–Kier alpha value is -1.97. The van der Waals surface area contributed by atoms with E-state index in [9.17, 15) is 15.0 Å². The molecule has 0 saturated carbocycles. The molecule has 12 heteroatoms. The number of ether oxygens (including phenoxy) is 8. The fourth-order valence-electron chi connectivity index (χ4n) is 6.63. The van der Waals surface area contributed by atoms with Crippen LogP contribution in [0.15, 0.2) is 48.6 Å². The van der Waals surface area contributed by atoms with Gasteiger partial charge in [-0.1, -0.05) is 68.4 Å². The van der Waals surface area contributed by atoms with Crippen LogP contribution in [0.25, 0.3) is 0 Å². The Morgan fingerprint density at radius 3 is 2.06 bits per heavy atom. The van der Waals surface area contributed by atoms with Crippen LogP contribution in [0.3, 0.4) is 0 Å². The van der Waals surface area contributed by atoms with E-state index >= 15 is 0 Å². The van der Waals surface area contributed by atoms with Gasteiger partial charge in [-0.2, -0.15) is 0 Å². The van der Waals surface area contributed by atoms with E-state index in [0.29, 0.717) is 32.2 Å². The number of hydrogen-bond donors (Lipinski definition) is 3. The van der Waals surface area contributed by atoms with Crippen molar-refractivity contribution in [3.05, 3.63) is 48.6 Å². The number of hydrogen-bond acceptors (Lipinski definition) is 11. The van der Waals surface area contributed by atoms with Crippen LogP contribution in [-0.2, 0) is 42.7 Å². The Labute approximate surface area is 318 Å². The lowest BCUT2D eigenvalue weighted by molar-refractivity contribution is -0.337. The molecule has 0 spiro atoms. The molecule has 0 unspecified atom stereocenters. The number of amides is 1. The van der Waals surface area contributed by atoms with Gasteiger partial charge in [-0.3, -0.25) is 4.79 Å². The van der Waals surface area contributed by atoms with Crippen molar-refractivity contribution in [2.45, 2.75) is 165 Å². The first-order valence-electron chi connectivity index (χ1n) is 19.9. The number of carbonyl (C=O) groups is 1. The van der Waals surface area contributed by atoms with Crippen LogP contribution in [0.2, 0.25) is 0 Å². The Morgan fingerprint density at radius 2 is 1.42 bits per heavy atom. The fourth-order valence-corrected chi connectivity index (χ4v) is 6.63. The van der Waals surface area contributed by atoms with E-state index in [4.69, 9.17) is 37.9 Å². The van der Waals surface area contributed by atoms with Crippen molar-refractivity contribution in [3.63, 3.8) is 0 Å². The minimum atomic E-state index is -0.841. The van der Waals surface area contributed by atoms with Gasteiger partial charge >= 0.3 is 0 Å². The zero-order valence-corrected chi connectivity index (χ0v) is 32.7. The maximum Gasteiger partial charge on any atom is 0.220 e. The molecule has 3 saturated heterocycles. The van der Waals surface area contributed by atoms with E-state index in [-0.39, 0.29) is 44.0 Å².